The van der Waals surface area contributed by atoms with Crippen molar-refractivity contribution in [3.05, 3.63) is 42.2 Å². The molecule has 0 saturated carbocycles. The Bertz CT molecular complexity index is 164. The van der Waals surface area contributed by atoms with Gasteiger partial charge in [-0.1, -0.05) is 24.3 Å². The van der Waals surface area contributed by atoms with E-state index in [2.05, 4.69) is 11.8 Å². The fourth-order valence-corrected chi connectivity index (χ4v) is 0.492. The third-order valence-corrected chi connectivity index (χ3v) is 0.992. The van der Waals surface area contributed by atoms with Crippen LogP contribution in [0.5, 0.6) is 0 Å². The molecule has 0 aliphatic heterocycles. The minimum absolute atomic E-state index is 0.977. The minimum Gasteiger partial charge on any atom is -0.125 e. The average molecular weight is 134 g/mol. The van der Waals surface area contributed by atoms with Crippen molar-refractivity contribution in [3.8, 4) is 0 Å². The first-order valence-corrected chi connectivity index (χ1v) is 3.55. The molecule has 0 aliphatic carbocycles. The van der Waals surface area contributed by atoms with E-state index in [9.17, 15) is 0 Å². The van der Waals surface area contributed by atoms with E-state index in [0.29, 0.717) is 0 Å². The van der Waals surface area contributed by atoms with Crippen LogP contribution in [0.4, 0.5) is 0 Å². The van der Waals surface area contributed by atoms with Crippen LogP contribution in [0.1, 0.15) is 20.3 Å². The molecule has 0 rings (SSSR count). The van der Waals surface area contributed by atoms with Crippen LogP contribution >= 0.6 is 0 Å². The Kier molecular flexibility index (Phi) is 7.20. The highest BCUT2D eigenvalue weighted by Crippen LogP contribution is 1.82. The lowest BCUT2D eigenvalue weighted by molar-refractivity contribution is 1.38. The average Bonchev–Trinajstić information content (AvgIpc) is 1.97. The molecule has 10 heavy (non-hydrogen) atoms. The molecule has 0 aliphatic rings. The van der Waals surface area contributed by atoms with Gasteiger partial charge in [0.15, 0.2) is 0 Å². The van der Waals surface area contributed by atoms with E-state index in [0.717, 1.165) is 6.42 Å². The predicted octanol–water partition coefficient (Wildman–Crippen LogP) is 3.24. The van der Waals surface area contributed by atoms with Gasteiger partial charge in [0, 0.05) is 0 Å². The molecule has 0 heterocycles. The molecule has 54 valence electrons. The summed E-state index contributed by atoms with van der Waals surface area (Å²) in [5.41, 5.74) is 3.03. The summed E-state index contributed by atoms with van der Waals surface area (Å²) in [4.78, 5) is 0. The minimum atomic E-state index is 0.977. The van der Waals surface area contributed by atoms with E-state index in [-0.39, 0.29) is 0 Å². The molecular formula is C10H14. The molecule has 0 fully saturated rings. The van der Waals surface area contributed by atoms with Gasteiger partial charge in [0.1, 0.15) is 0 Å². The van der Waals surface area contributed by atoms with Gasteiger partial charge < -0.3 is 0 Å². The van der Waals surface area contributed by atoms with Crippen molar-refractivity contribution in [1.82, 2.24) is 0 Å². The van der Waals surface area contributed by atoms with E-state index in [1.165, 1.54) is 0 Å². The fourth-order valence-electron chi connectivity index (χ4n) is 0.492. The maximum atomic E-state index is 3.03. The molecule has 0 heteroatoms. The van der Waals surface area contributed by atoms with Crippen molar-refractivity contribution >= 4 is 0 Å². The van der Waals surface area contributed by atoms with E-state index in [4.69, 9.17) is 0 Å². The molecule has 0 atom stereocenters. The van der Waals surface area contributed by atoms with E-state index in [1.807, 2.05) is 44.2 Å². The van der Waals surface area contributed by atoms with Gasteiger partial charge in [-0.25, -0.2) is 0 Å². The summed E-state index contributed by atoms with van der Waals surface area (Å²) < 4.78 is 0. The highest BCUT2D eigenvalue weighted by Gasteiger charge is 1.62. The lowest BCUT2D eigenvalue weighted by Gasteiger charge is -1.72. The van der Waals surface area contributed by atoms with E-state index in [1.54, 1.807) is 0 Å². The topological polar surface area (TPSA) is 0 Å². The smallest absolute Gasteiger partial charge is 0.00930 e. The Morgan fingerprint density at radius 2 is 2.00 bits per heavy atom. The molecule has 0 N–H and O–H groups in total. The van der Waals surface area contributed by atoms with Gasteiger partial charge in [0.2, 0.25) is 0 Å². The second kappa shape index (κ2) is 8.00. The van der Waals surface area contributed by atoms with Crippen LogP contribution in [0.3, 0.4) is 0 Å². The van der Waals surface area contributed by atoms with Gasteiger partial charge in [-0.2, -0.15) is 0 Å². The summed E-state index contributed by atoms with van der Waals surface area (Å²) in [5, 5.41) is 0. The van der Waals surface area contributed by atoms with Crippen molar-refractivity contribution in [2.75, 3.05) is 0 Å². The van der Waals surface area contributed by atoms with Crippen LogP contribution < -0.4 is 0 Å². The van der Waals surface area contributed by atoms with Crippen LogP contribution in [0.15, 0.2) is 42.2 Å². The van der Waals surface area contributed by atoms with Gasteiger partial charge in [-0.05, 0) is 32.4 Å². The third-order valence-electron chi connectivity index (χ3n) is 0.992. The number of allylic oxidation sites excluding steroid dienone is 5. The zero-order chi connectivity index (χ0) is 7.66. The van der Waals surface area contributed by atoms with E-state index < -0.39 is 0 Å². The molecule has 0 bridgehead atoms. The maximum Gasteiger partial charge on any atom is -0.00930 e. The molecule has 0 aromatic heterocycles. The Hall–Kier alpha value is -1.00. The Morgan fingerprint density at radius 1 is 1.20 bits per heavy atom. The third kappa shape index (κ3) is 7.00. The Labute approximate surface area is 63.3 Å². The molecule has 0 nitrogen and oxygen atoms in total. The molecule has 0 aromatic rings. The van der Waals surface area contributed by atoms with Gasteiger partial charge in [-0.15, -0.1) is 5.73 Å². The van der Waals surface area contributed by atoms with Gasteiger partial charge in [-0.3, -0.25) is 0 Å². The second-order valence-electron chi connectivity index (χ2n) is 1.87. The van der Waals surface area contributed by atoms with Crippen molar-refractivity contribution in [1.29, 1.82) is 0 Å². The molecule has 0 aromatic carbocycles. The molecule has 0 saturated heterocycles. The van der Waals surface area contributed by atoms with Gasteiger partial charge in [0.25, 0.3) is 0 Å². The van der Waals surface area contributed by atoms with Crippen molar-refractivity contribution in [3.63, 3.8) is 0 Å². The first-order valence-electron chi connectivity index (χ1n) is 3.55. The number of hydrogen-bond donors (Lipinski definition) is 0. The second-order valence-corrected chi connectivity index (χ2v) is 1.87. The Morgan fingerprint density at radius 3 is 2.60 bits per heavy atom. The zero-order valence-corrected chi connectivity index (χ0v) is 6.67. The van der Waals surface area contributed by atoms with Crippen molar-refractivity contribution < 1.29 is 0 Å². The molecular weight excluding hydrogens is 120 g/mol. The summed E-state index contributed by atoms with van der Waals surface area (Å²) in [6.45, 7) is 4.01. The maximum absolute atomic E-state index is 3.03. The highest BCUT2D eigenvalue weighted by atomic mass is 13.7. The molecule has 0 amide bonds. The van der Waals surface area contributed by atoms with Crippen LogP contribution in [-0.4, -0.2) is 0 Å². The van der Waals surface area contributed by atoms with E-state index >= 15 is 0 Å². The molecule has 0 spiro atoms. The van der Waals surface area contributed by atoms with Gasteiger partial charge >= 0.3 is 0 Å². The van der Waals surface area contributed by atoms with Crippen LogP contribution in [0, 0.1) is 0 Å². The van der Waals surface area contributed by atoms with Crippen LogP contribution in [0.2, 0.25) is 0 Å². The lowest BCUT2D eigenvalue weighted by atomic mass is 10.3. The standard InChI is InChI=1S/C10H14/c1-3-5-7-9-10-8-6-4-2/h3-7,10H,8H2,1-2H3. The predicted molar refractivity (Wildman–Crippen MR) is 46.9 cm³/mol. The number of hydrogen-bond acceptors (Lipinski definition) is 0. The summed E-state index contributed by atoms with van der Waals surface area (Å²) in [6, 6.07) is 0. The monoisotopic (exact) mass is 134 g/mol. The summed E-state index contributed by atoms with van der Waals surface area (Å²) >= 11 is 0. The quantitative estimate of drug-likeness (QED) is 0.316. The normalized spacial score (nSPS) is 10.2. The summed E-state index contributed by atoms with van der Waals surface area (Å²) in [7, 11) is 0. The first-order chi connectivity index (χ1) is 4.91. The number of rotatable bonds is 3. The lowest BCUT2D eigenvalue weighted by Crippen LogP contribution is -1.52. The van der Waals surface area contributed by atoms with Crippen molar-refractivity contribution in [2.24, 2.45) is 0 Å². The van der Waals surface area contributed by atoms with Crippen molar-refractivity contribution in [2.45, 2.75) is 20.3 Å². The van der Waals surface area contributed by atoms with Crippen LogP contribution in [0.25, 0.3) is 0 Å². The summed E-state index contributed by atoms with van der Waals surface area (Å²) in [5.74, 6) is 0. The van der Waals surface area contributed by atoms with Gasteiger partial charge in [0.05, 0.1) is 0 Å². The summed E-state index contributed by atoms with van der Waals surface area (Å²) in [6.07, 6.45) is 13.0. The largest absolute Gasteiger partial charge is 0.125 e. The SMILES string of the molecule is CC=CC=C=CCC=CC. The molecule has 0 radical (unpaired) electrons. The Balaban J connectivity index is 3.54. The first kappa shape index (κ1) is 9.00. The fraction of sp³-hybridized carbons (Fsp3) is 0.300. The van der Waals surface area contributed by atoms with Crippen LogP contribution in [-0.2, 0) is 0 Å². The highest BCUT2D eigenvalue weighted by molar-refractivity contribution is 5.02. The zero-order valence-electron chi connectivity index (χ0n) is 6.67. The molecule has 0 unspecified atom stereocenters.